The van der Waals surface area contributed by atoms with E-state index >= 15 is 0 Å². The highest BCUT2D eigenvalue weighted by Crippen LogP contribution is 2.32. The van der Waals surface area contributed by atoms with Crippen molar-refractivity contribution in [2.24, 2.45) is 0 Å². The fourth-order valence-electron chi connectivity index (χ4n) is 2.52. The van der Waals surface area contributed by atoms with Crippen LogP contribution in [0.2, 0.25) is 0 Å². The van der Waals surface area contributed by atoms with Gasteiger partial charge in [-0.05, 0) is 63.1 Å². The molecule has 3 heteroatoms. The summed E-state index contributed by atoms with van der Waals surface area (Å²) in [4.78, 5) is 2.41. The van der Waals surface area contributed by atoms with Crippen LogP contribution in [0.15, 0.2) is 22.7 Å². The first kappa shape index (κ1) is 13.1. The van der Waals surface area contributed by atoms with Gasteiger partial charge < -0.3 is 10.2 Å². The maximum atomic E-state index is 3.73. The standard InChI is InChI=1S/C14H21BrN2/c1-16-7-5-11-3-4-13(14(15)9-11)12-6-8-17(2)10-12/h3-4,9,12,16H,5-8,10H2,1-2H3. The summed E-state index contributed by atoms with van der Waals surface area (Å²) in [6.07, 6.45) is 2.38. The van der Waals surface area contributed by atoms with Crippen molar-refractivity contribution in [2.45, 2.75) is 18.8 Å². The molecule has 0 amide bonds. The first-order valence-electron chi connectivity index (χ1n) is 6.32. The molecule has 0 spiro atoms. The number of hydrogen-bond acceptors (Lipinski definition) is 2. The van der Waals surface area contributed by atoms with Crippen molar-refractivity contribution in [3.05, 3.63) is 33.8 Å². The van der Waals surface area contributed by atoms with E-state index in [4.69, 9.17) is 0 Å². The Balaban J connectivity index is 2.08. The van der Waals surface area contributed by atoms with Crippen LogP contribution >= 0.6 is 15.9 Å². The second kappa shape index (κ2) is 5.98. The highest BCUT2D eigenvalue weighted by molar-refractivity contribution is 9.10. The van der Waals surface area contributed by atoms with Gasteiger partial charge in [-0.3, -0.25) is 0 Å². The van der Waals surface area contributed by atoms with Gasteiger partial charge in [0.25, 0.3) is 0 Å². The first-order chi connectivity index (χ1) is 8.20. The second-order valence-corrected chi connectivity index (χ2v) is 5.81. The topological polar surface area (TPSA) is 15.3 Å². The van der Waals surface area contributed by atoms with Gasteiger partial charge in [-0.2, -0.15) is 0 Å². The molecule has 0 bridgehead atoms. The van der Waals surface area contributed by atoms with Crippen LogP contribution in [0.3, 0.4) is 0 Å². The fourth-order valence-corrected chi connectivity index (χ4v) is 3.27. The van der Waals surface area contributed by atoms with Crippen molar-refractivity contribution in [3.63, 3.8) is 0 Å². The Morgan fingerprint density at radius 1 is 1.47 bits per heavy atom. The van der Waals surface area contributed by atoms with Crippen molar-refractivity contribution in [3.8, 4) is 0 Å². The van der Waals surface area contributed by atoms with Gasteiger partial charge in [0.05, 0.1) is 0 Å². The molecule has 1 atom stereocenters. The van der Waals surface area contributed by atoms with E-state index in [2.05, 4.69) is 51.4 Å². The van der Waals surface area contributed by atoms with Gasteiger partial charge in [0.15, 0.2) is 0 Å². The average molecular weight is 297 g/mol. The number of nitrogens with one attached hydrogen (secondary N) is 1. The number of hydrogen-bond donors (Lipinski definition) is 1. The molecule has 1 aromatic carbocycles. The minimum Gasteiger partial charge on any atom is -0.319 e. The predicted molar refractivity (Wildman–Crippen MR) is 76.6 cm³/mol. The summed E-state index contributed by atoms with van der Waals surface area (Å²) in [7, 11) is 4.20. The highest BCUT2D eigenvalue weighted by atomic mass is 79.9. The third kappa shape index (κ3) is 3.30. The van der Waals surface area contributed by atoms with Crippen LogP contribution < -0.4 is 5.32 Å². The molecule has 1 aromatic rings. The normalized spacial score (nSPS) is 21.0. The average Bonchev–Trinajstić information content (AvgIpc) is 2.73. The summed E-state index contributed by atoms with van der Waals surface area (Å²) in [6.45, 7) is 3.45. The maximum absolute atomic E-state index is 3.73. The molecule has 17 heavy (non-hydrogen) atoms. The predicted octanol–water partition coefficient (Wildman–Crippen LogP) is 2.63. The molecule has 94 valence electrons. The Hall–Kier alpha value is -0.380. The number of likely N-dealkylation sites (N-methyl/N-ethyl adjacent to an activating group) is 2. The summed E-state index contributed by atoms with van der Waals surface area (Å²) in [5.41, 5.74) is 2.88. The Morgan fingerprint density at radius 2 is 2.29 bits per heavy atom. The zero-order valence-corrected chi connectivity index (χ0v) is 12.3. The minimum atomic E-state index is 0.702. The molecular formula is C14H21BrN2. The number of rotatable bonds is 4. The van der Waals surface area contributed by atoms with E-state index in [-0.39, 0.29) is 0 Å². The Bertz CT molecular complexity index is 378. The molecule has 1 heterocycles. The van der Waals surface area contributed by atoms with E-state index in [1.807, 2.05) is 7.05 Å². The molecule has 2 nitrogen and oxygen atoms in total. The summed E-state index contributed by atoms with van der Waals surface area (Å²) < 4.78 is 1.28. The van der Waals surface area contributed by atoms with E-state index in [0.717, 1.165) is 13.0 Å². The van der Waals surface area contributed by atoms with Crippen molar-refractivity contribution >= 4 is 15.9 Å². The molecule has 0 aliphatic carbocycles. The highest BCUT2D eigenvalue weighted by Gasteiger charge is 2.22. The summed E-state index contributed by atoms with van der Waals surface area (Å²) in [6, 6.07) is 6.86. The van der Waals surface area contributed by atoms with E-state index in [1.54, 1.807) is 0 Å². The zero-order chi connectivity index (χ0) is 12.3. The van der Waals surface area contributed by atoms with E-state index in [0.29, 0.717) is 5.92 Å². The molecule has 1 saturated heterocycles. The fraction of sp³-hybridized carbons (Fsp3) is 0.571. The molecule has 1 fully saturated rings. The van der Waals surface area contributed by atoms with Crippen LogP contribution in [0.1, 0.15) is 23.5 Å². The third-order valence-electron chi connectivity index (χ3n) is 3.56. The summed E-state index contributed by atoms with van der Waals surface area (Å²) >= 11 is 3.73. The molecule has 1 unspecified atom stereocenters. The van der Waals surface area contributed by atoms with Crippen LogP contribution in [0.25, 0.3) is 0 Å². The quantitative estimate of drug-likeness (QED) is 0.919. The second-order valence-electron chi connectivity index (χ2n) is 4.96. The van der Waals surface area contributed by atoms with Gasteiger partial charge >= 0.3 is 0 Å². The molecule has 0 saturated carbocycles. The van der Waals surface area contributed by atoms with Crippen molar-refractivity contribution in [1.29, 1.82) is 0 Å². The van der Waals surface area contributed by atoms with Crippen LogP contribution in [0, 0.1) is 0 Å². The minimum absolute atomic E-state index is 0.702. The number of halogens is 1. The van der Waals surface area contributed by atoms with Gasteiger partial charge in [0.1, 0.15) is 0 Å². The number of likely N-dealkylation sites (tertiary alicyclic amines) is 1. The monoisotopic (exact) mass is 296 g/mol. The first-order valence-corrected chi connectivity index (χ1v) is 7.11. The molecular weight excluding hydrogens is 276 g/mol. The lowest BCUT2D eigenvalue weighted by molar-refractivity contribution is 0.411. The molecule has 1 aliphatic rings. The zero-order valence-electron chi connectivity index (χ0n) is 10.7. The van der Waals surface area contributed by atoms with Crippen LogP contribution in [-0.4, -0.2) is 38.6 Å². The van der Waals surface area contributed by atoms with Gasteiger partial charge in [-0.25, -0.2) is 0 Å². The third-order valence-corrected chi connectivity index (χ3v) is 4.25. The summed E-state index contributed by atoms with van der Waals surface area (Å²) in [5, 5.41) is 3.19. The van der Waals surface area contributed by atoms with Crippen LogP contribution in [0.4, 0.5) is 0 Å². The number of nitrogens with zero attached hydrogens (tertiary/aromatic N) is 1. The number of benzene rings is 1. The molecule has 1 aliphatic heterocycles. The lowest BCUT2D eigenvalue weighted by atomic mass is 9.97. The Morgan fingerprint density at radius 3 is 2.88 bits per heavy atom. The molecule has 2 rings (SSSR count). The van der Waals surface area contributed by atoms with E-state index in [9.17, 15) is 0 Å². The molecule has 0 aromatic heterocycles. The van der Waals surface area contributed by atoms with E-state index < -0.39 is 0 Å². The lowest BCUT2D eigenvalue weighted by Crippen LogP contribution is -2.13. The largest absolute Gasteiger partial charge is 0.319 e. The smallest absolute Gasteiger partial charge is 0.0213 e. The molecule has 1 N–H and O–H groups in total. The van der Waals surface area contributed by atoms with Crippen LogP contribution in [0.5, 0.6) is 0 Å². The molecule has 0 radical (unpaired) electrons. The van der Waals surface area contributed by atoms with Gasteiger partial charge in [-0.15, -0.1) is 0 Å². The van der Waals surface area contributed by atoms with Crippen molar-refractivity contribution in [2.75, 3.05) is 33.7 Å². The Kier molecular flexibility index (Phi) is 4.60. The van der Waals surface area contributed by atoms with Crippen LogP contribution in [-0.2, 0) is 6.42 Å². The maximum Gasteiger partial charge on any atom is 0.0213 e. The van der Waals surface area contributed by atoms with Gasteiger partial charge in [-0.1, -0.05) is 28.1 Å². The van der Waals surface area contributed by atoms with Crippen molar-refractivity contribution < 1.29 is 0 Å². The van der Waals surface area contributed by atoms with Gasteiger partial charge in [0, 0.05) is 11.0 Å². The van der Waals surface area contributed by atoms with Crippen molar-refractivity contribution in [1.82, 2.24) is 10.2 Å². The van der Waals surface area contributed by atoms with Gasteiger partial charge in [0.2, 0.25) is 0 Å². The van der Waals surface area contributed by atoms with E-state index in [1.165, 1.54) is 35.1 Å². The SMILES string of the molecule is CNCCc1ccc(C2CCN(C)C2)c(Br)c1. The Labute approximate surface area is 113 Å². The lowest BCUT2D eigenvalue weighted by Gasteiger charge is -2.14. The summed E-state index contributed by atoms with van der Waals surface area (Å²) in [5.74, 6) is 0.702.